The molecule has 1 aromatic rings. The minimum Gasteiger partial charge on any atom is -0.493 e. The molecule has 1 aliphatic rings. The van der Waals surface area contributed by atoms with E-state index in [0.717, 1.165) is 0 Å². The highest BCUT2D eigenvalue weighted by molar-refractivity contribution is 5.71. The molecule has 0 radical (unpaired) electrons. The number of rotatable bonds is 5. The SMILES string of the molecule is COc1cc(C2CC(C(=O)O)CN2)c(OC)c(F)c1OC. The molecule has 2 N–H and O–H groups in total. The number of carboxylic acids is 1. The van der Waals surface area contributed by atoms with Crippen LogP contribution in [0, 0.1) is 11.7 Å². The molecule has 1 aromatic carbocycles. The number of carboxylic acid groups (broad SMARTS) is 1. The van der Waals surface area contributed by atoms with Crippen molar-refractivity contribution in [3.63, 3.8) is 0 Å². The smallest absolute Gasteiger partial charge is 0.307 e. The summed E-state index contributed by atoms with van der Waals surface area (Å²) >= 11 is 0. The second kappa shape index (κ2) is 6.17. The molecular formula is C14H18FNO5. The molecule has 0 aliphatic carbocycles. The minimum atomic E-state index is -0.870. The third-order valence-electron chi connectivity index (χ3n) is 3.65. The molecule has 116 valence electrons. The summed E-state index contributed by atoms with van der Waals surface area (Å²) in [6.07, 6.45) is 0.362. The molecule has 0 saturated carbocycles. The zero-order chi connectivity index (χ0) is 15.6. The van der Waals surface area contributed by atoms with Crippen LogP contribution >= 0.6 is 0 Å². The predicted octanol–water partition coefficient (Wildman–Crippen LogP) is 1.59. The molecule has 0 aromatic heterocycles. The van der Waals surface area contributed by atoms with Crippen molar-refractivity contribution in [3.8, 4) is 17.2 Å². The first-order valence-corrected chi connectivity index (χ1v) is 6.48. The number of nitrogens with one attached hydrogen (secondary N) is 1. The average molecular weight is 299 g/mol. The molecule has 0 bridgehead atoms. The van der Waals surface area contributed by atoms with Crippen molar-refractivity contribution in [1.82, 2.24) is 5.32 Å². The number of hydrogen-bond donors (Lipinski definition) is 2. The Morgan fingerprint density at radius 2 is 1.95 bits per heavy atom. The average Bonchev–Trinajstić information content (AvgIpc) is 2.96. The van der Waals surface area contributed by atoms with Gasteiger partial charge in [-0.3, -0.25) is 4.79 Å². The summed E-state index contributed by atoms with van der Waals surface area (Å²) < 4.78 is 29.7. The highest BCUT2D eigenvalue weighted by atomic mass is 19.1. The lowest BCUT2D eigenvalue weighted by atomic mass is 9.98. The van der Waals surface area contributed by atoms with Crippen LogP contribution in [0.1, 0.15) is 18.0 Å². The van der Waals surface area contributed by atoms with Gasteiger partial charge >= 0.3 is 5.97 Å². The maximum Gasteiger partial charge on any atom is 0.307 e. The van der Waals surface area contributed by atoms with Crippen molar-refractivity contribution >= 4 is 5.97 Å². The van der Waals surface area contributed by atoms with Crippen LogP contribution in [0.25, 0.3) is 0 Å². The Morgan fingerprint density at radius 3 is 2.43 bits per heavy atom. The van der Waals surface area contributed by atoms with Gasteiger partial charge in [-0.1, -0.05) is 0 Å². The van der Waals surface area contributed by atoms with E-state index in [1.807, 2.05) is 0 Å². The van der Waals surface area contributed by atoms with E-state index in [1.165, 1.54) is 21.3 Å². The fourth-order valence-electron chi connectivity index (χ4n) is 2.58. The first-order valence-electron chi connectivity index (χ1n) is 6.48. The standard InChI is InChI=1S/C14H18FNO5/c1-19-10-5-8(9-4-7(6-16-9)14(17)18)12(20-2)11(15)13(10)21-3/h5,7,9,16H,4,6H2,1-3H3,(H,17,18). The molecule has 0 amide bonds. The van der Waals surface area contributed by atoms with Crippen LogP contribution in [0.5, 0.6) is 17.2 Å². The van der Waals surface area contributed by atoms with Crippen molar-refractivity contribution in [2.75, 3.05) is 27.9 Å². The van der Waals surface area contributed by atoms with Crippen molar-refractivity contribution in [2.45, 2.75) is 12.5 Å². The van der Waals surface area contributed by atoms with Gasteiger partial charge in [0.15, 0.2) is 11.5 Å². The fourth-order valence-corrected chi connectivity index (χ4v) is 2.58. The molecular weight excluding hydrogens is 281 g/mol. The molecule has 2 atom stereocenters. The van der Waals surface area contributed by atoms with Gasteiger partial charge in [-0.15, -0.1) is 0 Å². The van der Waals surface area contributed by atoms with Crippen LogP contribution < -0.4 is 19.5 Å². The third-order valence-corrected chi connectivity index (χ3v) is 3.65. The van der Waals surface area contributed by atoms with E-state index in [9.17, 15) is 9.18 Å². The van der Waals surface area contributed by atoms with Crippen LogP contribution in [-0.4, -0.2) is 38.9 Å². The minimum absolute atomic E-state index is 0.0362. The predicted molar refractivity (Wildman–Crippen MR) is 72.5 cm³/mol. The van der Waals surface area contributed by atoms with Gasteiger partial charge in [0, 0.05) is 18.2 Å². The Kier molecular flexibility index (Phi) is 4.52. The van der Waals surface area contributed by atoms with Gasteiger partial charge < -0.3 is 24.6 Å². The quantitative estimate of drug-likeness (QED) is 0.860. The molecule has 2 unspecified atom stereocenters. The molecule has 7 heteroatoms. The van der Waals surface area contributed by atoms with E-state index in [4.69, 9.17) is 19.3 Å². The summed E-state index contributed by atoms with van der Waals surface area (Å²) in [4.78, 5) is 11.0. The van der Waals surface area contributed by atoms with Gasteiger partial charge in [0.05, 0.1) is 27.2 Å². The zero-order valence-electron chi connectivity index (χ0n) is 12.1. The van der Waals surface area contributed by atoms with Gasteiger partial charge in [0.2, 0.25) is 11.6 Å². The number of aliphatic carboxylic acids is 1. The second-order valence-electron chi connectivity index (χ2n) is 4.78. The van der Waals surface area contributed by atoms with E-state index >= 15 is 0 Å². The van der Waals surface area contributed by atoms with Gasteiger partial charge in [-0.05, 0) is 12.5 Å². The topological polar surface area (TPSA) is 77.0 Å². The summed E-state index contributed by atoms with van der Waals surface area (Å²) in [5, 5.41) is 12.1. The number of hydrogen-bond acceptors (Lipinski definition) is 5. The van der Waals surface area contributed by atoms with E-state index < -0.39 is 17.7 Å². The summed E-state index contributed by atoms with van der Waals surface area (Å²) in [5.74, 6) is -1.79. The Morgan fingerprint density at radius 1 is 1.29 bits per heavy atom. The first-order chi connectivity index (χ1) is 10.0. The van der Waals surface area contributed by atoms with Crippen LogP contribution in [0.3, 0.4) is 0 Å². The molecule has 0 spiro atoms. The third kappa shape index (κ3) is 2.73. The lowest BCUT2D eigenvalue weighted by Crippen LogP contribution is -2.17. The normalized spacial score (nSPS) is 21.1. The summed E-state index contributed by atoms with van der Waals surface area (Å²) in [6.45, 7) is 0.332. The van der Waals surface area contributed by atoms with E-state index in [0.29, 0.717) is 18.5 Å². The highest BCUT2D eigenvalue weighted by Crippen LogP contribution is 2.43. The summed E-state index contributed by atoms with van der Waals surface area (Å²) in [5.41, 5.74) is 0.524. The Labute approximate surface area is 121 Å². The molecule has 2 rings (SSSR count). The van der Waals surface area contributed by atoms with Crippen LogP contribution in [0.2, 0.25) is 0 Å². The highest BCUT2D eigenvalue weighted by Gasteiger charge is 2.34. The van der Waals surface area contributed by atoms with Gasteiger partial charge in [0.1, 0.15) is 0 Å². The lowest BCUT2D eigenvalue weighted by Gasteiger charge is -2.19. The molecule has 1 aliphatic heterocycles. The number of methoxy groups -OCH3 is 3. The zero-order valence-corrected chi connectivity index (χ0v) is 12.1. The molecule has 1 saturated heterocycles. The van der Waals surface area contributed by atoms with E-state index in [1.54, 1.807) is 6.07 Å². The van der Waals surface area contributed by atoms with Gasteiger partial charge in [0.25, 0.3) is 0 Å². The van der Waals surface area contributed by atoms with Crippen molar-refractivity contribution in [1.29, 1.82) is 0 Å². The monoisotopic (exact) mass is 299 g/mol. The number of benzene rings is 1. The summed E-state index contributed by atoms with van der Waals surface area (Å²) in [7, 11) is 4.11. The number of halogens is 1. The molecule has 1 heterocycles. The first kappa shape index (κ1) is 15.4. The summed E-state index contributed by atoms with van der Waals surface area (Å²) in [6, 6.07) is 1.30. The van der Waals surface area contributed by atoms with Crippen molar-refractivity contribution < 1.29 is 28.5 Å². The van der Waals surface area contributed by atoms with Crippen molar-refractivity contribution in [2.24, 2.45) is 5.92 Å². The largest absolute Gasteiger partial charge is 0.493 e. The van der Waals surface area contributed by atoms with Crippen LogP contribution in [0.4, 0.5) is 4.39 Å². The number of carbonyl (C=O) groups is 1. The van der Waals surface area contributed by atoms with Crippen LogP contribution in [-0.2, 0) is 4.79 Å². The maximum absolute atomic E-state index is 14.4. The Balaban J connectivity index is 2.44. The lowest BCUT2D eigenvalue weighted by molar-refractivity contribution is -0.141. The van der Waals surface area contributed by atoms with E-state index in [2.05, 4.69) is 5.32 Å². The van der Waals surface area contributed by atoms with Gasteiger partial charge in [-0.25, -0.2) is 0 Å². The van der Waals surface area contributed by atoms with Crippen molar-refractivity contribution in [3.05, 3.63) is 17.4 Å². The Hall–Kier alpha value is -2.02. The number of ether oxygens (including phenoxy) is 3. The fraction of sp³-hybridized carbons (Fsp3) is 0.500. The molecule has 6 nitrogen and oxygen atoms in total. The Bertz CT molecular complexity index is 549. The molecule has 21 heavy (non-hydrogen) atoms. The van der Waals surface area contributed by atoms with Crippen LogP contribution in [0.15, 0.2) is 6.07 Å². The van der Waals surface area contributed by atoms with Gasteiger partial charge in [-0.2, -0.15) is 4.39 Å². The molecule has 1 fully saturated rings. The maximum atomic E-state index is 14.4. The second-order valence-corrected chi connectivity index (χ2v) is 4.78. The van der Waals surface area contributed by atoms with E-state index in [-0.39, 0.29) is 23.3 Å².